The molecule has 104 valence electrons. The molecule has 0 bridgehead atoms. The van der Waals surface area contributed by atoms with Gasteiger partial charge in [0.05, 0.1) is 0 Å². The molecule has 0 aliphatic heterocycles. The maximum absolute atomic E-state index is 11.1. The Labute approximate surface area is 118 Å². The summed E-state index contributed by atoms with van der Waals surface area (Å²) in [6, 6.07) is 18.2. The second-order valence-electron chi connectivity index (χ2n) is 4.63. The number of carbonyl (C=O) groups is 1. The zero-order chi connectivity index (χ0) is 14.4. The van der Waals surface area contributed by atoms with Gasteiger partial charge in [0.15, 0.2) is 0 Å². The van der Waals surface area contributed by atoms with Crippen molar-refractivity contribution in [2.24, 2.45) is 5.73 Å². The first kappa shape index (κ1) is 14.1. The van der Waals surface area contributed by atoms with Gasteiger partial charge in [0.1, 0.15) is 5.60 Å². The van der Waals surface area contributed by atoms with Gasteiger partial charge in [0.2, 0.25) is 0 Å². The van der Waals surface area contributed by atoms with E-state index in [0.717, 1.165) is 11.1 Å². The topological polar surface area (TPSA) is 75.4 Å². The summed E-state index contributed by atoms with van der Waals surface area (Å²) in [7, 11) is 0. The van der Waals surface area contributed by atoms with E-state index in [2.05, 4.69) is 5.32 Å². The van der Waals surface area contributed by atoms with Gasteiger partial charge < -0.3 is 16.2 Å². The highest BCUT2D eigenvalue weighted by Gasteiger charge is 2.30. The van der Waals surface area contributed by atoms with Crippen LogP contribution in [0.4, 0.5) is 4.79 Å². The lowest BCUT2D eigenvalue weighted by atomic mass is 9.83. The lowest BCUT2D eigenvalue weighted by molar-refractivity contribution is 0.0719. The number of benzene rings is 2. The first-order chi connectivity index (χ1) is 9.63. The van der Waals surface area contributed by atoms with Crippen LogP contribution in [0.1, 0.15) is 17.5 Å². The third-order valence-corrected chi connectivity index (χ3v) is 3.29. The van der Waals surface area contributed by atoms with E-state index in [-0.39, 0.29) is 0 Å². The summed E-state index contributed by atoms with van der Waals surface area (Å²) in [5, 5.41) is 13.6. The summed E-state index contributed by atoms with van der Waals surface area (Å²) in [6.45, 7) is 0.301. The van der Waals surface area contributed by atoms with Crippen molar-refractivity contribution in [2.75, 3.05) is 6.54 Å². The summed E-state index contributed by atoms with van der Waals surface area (Å²) in [6.07, 6.45) is 0.351. The molecule has 2 amide bonds. The molecule has 0 aliphatic carbocycles. The Morgan fingerprint density at radius 3 is 1.85 bits per heavy atom. The molecule has 2 aromatic rings. The van der Waals surface area contributed by atoms with Gasteiger partial charge in [-0.1, -0.05) is 60.7 Å². The van der Waals surface area contributed by atoms with Crippen LogP contribution in [0, 0.1) is 0 Å². The highest BCUT2D eigenvalue weighted by atomic mass is 16.3. The van der Waals surface area contributed by atoms with Crippen LogP contribution in [0.2, 0.25) is 0 Å². The zero-order valence-electron chi connectivity index (χ0n) is 11.1. The Kier molecular flexibility index (Phi) is 4.38. The SMILES string of the molecule is NC(=O)NCCC(O)(c1ccccc1)c1ccccc1. The van der Waals surface area contributed by atoms with Crippen molar-refractivity contribution in [1.82, 2.24) is 5.32 Å². The maximum Gasteiger partial charge on any atom is 0.312 e. The highest BCUT2D eigenvalue weighted by Crippen LogP contribution is 2.32. The van der Waals surface area contributed by atoms with Crippen LogP contribution < -0.4 is 11.1 Å². The predicted molar refractivity (Wildman–Crippen MR) is 78.1 cm³/mol. The lowest BCUT2D eigenvalue weighted by Crippen LogP contribution is -2.36. The molecule has 4 heteroatoms. The van der Waals surface area contributed by atoms with E-state index in [9.17, 15) is 9.90 Å². The molecule has 0 spiro atoms. The van der Waals surface area contributed by atoms with Gasteiger partial charge in [-0.2, -0.15) is 0 Å². The number of rotatable bonds is 5. The number of hydrogen-bond donors (Lipinski definition) is 3. The van der Waals surface area contributed by atoms with Crippen molar-refractivity contribution in [1.29, 1.82) is 0 Å². The summed E-state index contributed by atoms with van der Waals surface area (Å²) in [4.78, 5) is 10.8. The van der Waals surface area contributed by atoms with Crippen molar-refractivity contribution >= 4 is 6.03 Å². The third kappa shape index (κ3) is 3.16. The van der Waals surface area contributed by atoms with Crippen LogP contribution >= 0.6 is 0 Å². The van der Waals surface area contributed by atoms with E-state index in [0.29, 0.717) is 13.0 Å². The Hall–Kier alpha value is -2.33. The van der Waals surface area contributed by atoms with Crippen molar-refractivity contribution in [3.8, 4) is 0 Å². The molecule has 0 aromatic heterocycles. The van der Waals surface area contributed by atoms with Gasteiger partial charge >= 0.3 is 6.03 Å². The largest absolute Gasteiger partial charge is 0.380 e. The van der Waals surface area contributed by atoms with Crippen LogP contribution in [0.3, 0.4) is 0 Å². The Balaban J connectivity index is 2.31. The standard InChI is InChI=1S/C16H18N2O2/c17-15(19)18-12-11-16(20,13-7-3-1-4-8-13)14-9-5-2-6-10-14/h1-10,20H,11-12H2,(H3,17,18,19). The minimum absolute atomic E-state index is 0.301. The number of primary amides is 1. The third-order valence-electron chi connectivity index (χ3n) is 3.29. The van der Waals surface area contributed by atoms with Gasteiger partial charge in [-0.25, -0.2) is 4.79 Å². The molecule has 0 heterocycles. The molecule has 0 saturated heterocycles. The molecule has 0 atom stereocenters. The van der Waals surface area contributed by atoms with Gasteiger partial charge in [0.25, 0.3) is 0 Å². The number of nitrogens with two attached hydrogens (primary N) is 1. The smallest absolute Gasteiger partial charge is 0.312 e. The van der Waals surface area contributed by atoms with E-state index >= 15 is 0 Å². The van der Waals surface area contributed by atoms with Crippen LogP contribution in [-0.2, 0) is 5.60 Å². The Morgan fingerprint density at radius 1 is 1.00 bits per heavy atom. The number of aliphatic hydroxyl groups is 1. The number of hydrogen-bond acceptors (Lipinski definition) is 2. The van der Waals surface area contributed by atoms with Gasteiger partial charge in [-0.3, -0.25) is 0 Å². The highest BCUT2D eigenvalue weighted by molar-refractivity contribution is 5.71. The number of carbonyl (C=O) groups excluding carboxylic acids is 1. The zero-order valence-corrected chi connectivity index (χ0v) is 11.1. The second kappa shape index (κ2) is 6.21. The molecular formula is C16H18N2O2. The van der Waals surface area contributed by atoms with Crippen LogP contribution in [0.25, 0.3) is 0 Å². The minimum atomic E-state index is -1.15. The van der Waals surface area contributed by atoms with Crippen molar-refractivity contribution < 1.29 is 9.90 Å². The van der Waals surface area contributed by atoms with Crippen LogP contribution in [0.5, 0.6) is 0 Å². The average molecular weight is 270 g/mol. The van der Waals surface area contributed by atoms with Gasteiger partial charge in [-0.05, 0) is 11.1 Å². The van der Waals surface area contributed by atoms with E-state index in [4.69, 9.17) is 5.73 Å². The van der Waals surface area contributed by atoms with Crippen LogP contribution in [0.15, 0.2) is 60.7 Å². The van der Waals surface area contributed by atoms with Crippen molar-refractivity contribution in [2.45, 2.75) is 12.0 Å². The Morgan fingerprint density at radius 2 is 1.45 bits per heavy atom. The van der Waals surface area contributed by atoms with E-state index in [1.807, 2.05) is 60.7 Å². The van der Waals surface area contributed by atoms with Crippen molar-refractivity contribution in [3.05, 3.63) is 71.8 Å². The van der Waals surface area contributed by atoms with E-state index < -0.39 is 11.6 Å². The second-order valence-corrected chi connectivity index (χ2v) is 4.63. The fourth-order valence-corrected chi connectivity index (χ4v) is 2.25. The summed E-state index contributed by atoms with van der Waals surface area (Å²) in [5.74, 6) is 0. The molecule has 0 fully saturated rings. The molecule has 2 aromatic carbocycles. The lowest BCUT2D eigenvalue weighted by Gasteiger charge is -2.29. The molecule has 0 radical (unpaired) electrons. The maximum atomic E-state index is 11.1. The molecular weight excluding hydrogens is 252 g/mol. The van der Waals surface area contributed by atoms with Gasteiger partial charge in [0, 0.05) is 13.0 Å². The molecule has 0 aliphatic rings. The molecule has 2 rings (SSSR count). The summed E-state index contributed by atoms with van der Waals surface area (Å²) >= 11 is 0. The number of amides is 2. The summed E-state index contributed by atoms with van der Waals surface area (Å²) in [5.41, 5.74) is 5.50. The molecule has 0 unspecified atom stereocenters. The fraction of sp³-hybridized carbons (Fsp3) is 0.188. The molecule has 20 heavy (non-hydrogen) atoms. The normalized spacial score (nSPS) is 11.1. The van der Waals surface area contributed by atoms with Crippen LogP contribution in [-0.4, -0.2) is 17.7 Å². The first-order valence-electron chi connectivity index (χ1n) is 6.49. The quantitative estimate of drug-likeness (QED) is 0.777. The first-order valence-corrected chi connectivity index (χ1v) is 6.49. The fourth-order valence-electron chi connectivity index (χ4n) is 2.25. The molecule has 4 nitrogen and oxygen atoms in total. The number of nitrogens with one attached hydrogen (secondary N) is 1. The van der Waals surface area contributed by atoms with E-state index in [1.165, 1.54) is 0 Å². The predicted octanol–water partition coefficient (Wildman–Crippen LogP) is 1.98. The van der Waals surface area contributed by atoms with Gasteiger partial charge in [-0.15, -0.1) is 0 Å². The monoisotopic (exact) mass is 270 g/mol. The van der Waals surface area contributed by atoms with Crippen molar-refractivity contribution in [3.63, 3.8) is 0 Å². The average Bonchev–Trinajstić information content (AvgIpc) is 2.48. The molecule has 0 saturated carbocycles. The Bertz CT molecular complexity index is 516. The minimum Gasteiger partial charge on any atom is -0.380 e. The van der Waals surface area contributed by atoms with E-state index in [1.54, 1.807) is 0 Å². The summed E-state index contributed by atoms with van der Waals surface area (Å²) < 4.78 is 0. The molecule has 4 N–H and O–H groups in total. The number of urea groups is 1.